The van der Waals surface area contributed by atoms with E-state index in [-0.39, 0.29) is 5.91 Å². The Hall–Kier alpha value is -2.28. The number of carbonyl (C=O) groups is 1. The lowest BCUT2D eigenvalue weighted by Crippen LogP contribution is -2.45. The van der Waals surface area contributed by atoms with E-state index in [1.54, 1.807) is 4.68 Å². The number of aromatic nitrogens is 4. The monoisotopic (exact) mass is 382 g/mol. The Balaban J connectivity index is 1.36. The van der Waals surface area contributed by atoms with Gasteiger partial charge in [-0.3, -0.25) is 4.79 Å². The summed E-state index contributed by atoms with van der Waals surface area (Å²) in [7, 11) is 0. The number of piperidine rings is 1. The molecule has 1 amide bonds. The molecule has 0 N–H and O–H groups in total. The zero-order valence-corrected chi connectivity index (χ0v) is 16.8. The van der Waals surface area contributed by atoms with Gasteiger partial charge < -0.3 is 9.80 Å². The fourth-order valence-electron chi connectivity index (χ4n) is 4.47. The van der Waals surface area contributed by atoms with Crippen LogP contribution < -0.4 is 0 Å². The maximum absolute atomic E-state index is 13.0. The van der Waals surface area contributed by atoms with Crippen LogP contribution in [0.4, 0.5) is 0 Å². The van der Waals surface area contributed by atoms with E-state index in [4.69, 9.17) is 0 Å². The number of hydrogen-bond acceptors (Lipinski definition) is 5. The number of benzene rings is 1. The average Bonchev–Trinajstić information content (AvgIpc) is 3.39. The lowest BCUT2D eigenvalue weighted by molar-refractivity contribution is -0.134. The molecule has 0 spiro atoms. The van der Waals surface area contributed by atoms with Gasteiger partial charge in [0.25, 0.3) is 0 Å². The van der Waals surface area contributed by atoms with Crippen LogP contribution in [0.1, 0.15) is 49.9 Å². The van der Waals surface area contributed by atoms with Gasteiger partial charge in [-0.25, -0.2) is 0 Å². The fourth-order valence-corrected chi connectivity index (χ4v) is 4.47. The molecule has 2 aliphatic heterocycles. The summed E-state index contributed by atoms with van der Waals surface area (Å²) in [4.78, 5) is 17.7. The van der Waals surface area contributed by atoms with Crippen LogP contribution in [0.2, 0.25) is 0 Å². The summed E-state index contributed by atoms with van der Waals surface area (Å²) in [6.45, 7) is 6.37. The van der Waals surface area contributed by atoms with Crippen molar-refractivity contribution in [2.24, 2.45) is 0 Å². The third-order valence-corrected chi connectivity index (χ3v) is 6.09. The predicted octanol–water partition coefficient (Wildman–Crippen LogP) is 2.38. The Kier molecular flexibility index (Phi) is 6.00. The molecule has 1 atom stereocenters. The molecule has 2 saturated heterocycles. The van der Waals surface area contributed by atoms with Crippen molar-refractivity contribution in [2.75, 3.05) is 26.2 Å². The van der Waals surface area contributed by atoms with Crippen LogP contribution >= 0.6 is 0 Å². The van der Waals surface area contributed by atoms with Gasteiger partial charge in [-0.15, -0.1) is 5.10 Å². The summed E-state index contributed by atoms with van der Waals surface area (Å²) in [5, 5.41) is 11.6. The highest BCUT2D eigenvalue weighted by Crippen LogP contribution is 2.22. The number of nitrogens with zero attached hydrogens (tertiary/aromatic N) is 6. The van der Waals surface area contributed by atoms with E-state index in [0.717, 1.165) is 49.4 Å². The van der Waals surface area contributed by atoms with E-state index >= 15 is 0 Å². The first-order valence-electron chi connectivity index (χ1n) is 10.6. The van der Waals surface area contributed by atoms with E-state index < -0.39 is 0 Å². The van der Waals surface area contributed by atoms with Gasteiger partial charge >= 0.3 is 0 Å². The Morgan fingerprint density at radius 2 is 1.82 bits per heavy atom. The van der Waals surface area contributed by atoms with Crippen molar-refractivity contribution in [3.05, 3.63) is 35.7 Å². The molecule has 1 unspecified atom stereocenters. The molecule has 1 aromatic heterocycles. The maximum atomic E-state index is 13.0. The number of aryl methyl sites for hydroxylation is 1. The molecule has 4 rings (SSSR count). The molecular formula is C21H30N6O. The summed E-state index contributed by atoms with van der Waals surface area (Å²) in [5.74, 6) is 1.01. The fraction of sp³-hybridized carbons (Fsp3) is 0.619. The van der Waals surface area contributed by atoms with E-state index in [9.17, 15) is 4.79 Å². The van der Waals surface area contributed by atoms with Gasteiger partial charge in [0.2, 0.25) is 5.91 Å². The molecule has 1 aromatic carbocycles. The zero-order valence-electron chi connectivity index (χ0n) is 16.8. The SMILES string of the molecule is Cc1nnnn1-c1ccc(CC(=O)N2CCCCC2CCN2CCCC2)cc1. The second-order valence-electron chi connectivity index (χ2n) is 8.06. The predicted molar refractivity (Wildman–Crippen MR) is 107 cm³/mol. The second-order valence-corrected chi connectivity index (χ2v) is 8.06. The van der Waals surface area contributed by atoms with Crippen molar-refractivity contribution >= 4 is 5.91 Å². The Morgan fingerprint density at radius 1 is 1.07 bits per heavy atom. The molecule has 2 fully saturated rings. The van der Waals surface area contributed by atoms with E-state index in [0.29, 0.717) is 12.5 Å². The van der Waals surface area contributed by atoms with Crippen LogP contribution in [0, 0.1) is 6.92 Å². The lowest BCUT2D eigenvalue weighted by Gasteiger charge is -2.37. The molecule has 0 bridgehead atoms. The summed E-state index contributed by atoms with van der Waals surface area (Å²) in [6.07, 6.45) is 7.76. The van der Waals surface area contributed by atoms with Crippen molar-refractivity contribution in [3.63, 3.8) is 0 Å². The number of amides is 1. The van der Waals surface area contributed by atoms with Crippen molar-refractivity contribution in [2.45, 2.75) is 57.9 Å². The topological polar surface area (TPSA) is 67.2 Å². The third kappa shape index (κ3) is 4.41. The van der Waals surface area contributed by atoms with Crippen molar-refractivity contribution in [1.82, 2.24) is 30.0 Å². The van der Waals surface area contributed by atoms with Crippen molar-refractivity contribution in [3.8, 4) is 5.69 Å². The molecule has 2 aliphatic rings. The lowest BCUT2D eigenvalue weighted by atomic mass is 9.98. The number of likely N-dealkylation sites (tertiary alicyclic amines) is 2. The molecule has 2 aromatic rings. The quantitative estimate of drug-likeness (QED) is 0.767. The molecule has 28 heavy (non-hydrogen) atoms. The molecule has 7 nitrogen and oxygen atoms in total. The van der Waals surface area contributed by atoms with Crippen LogP contribution in [0.25, 0.3) is 5.69 Å². The standard InChI is InChI=1S/C21H30N6O/c1-17-22-23-24-27(17)20-9-7-18(8-10-20)16-21(28)26-14-3-2-6-19(26)11-15-25-12-4-5-13-25/h7-10,19H,2-6,11-16H2,1H3. The Labute approximate surface area is 166 Å². The molecule has 0 aliphatic carbocycles. The summed E-state index contributed by atoms with van der Waals surface area (Å²) < 4.78 is 1.70. The third-order valence-electron chi connectivity index (χ3n) is 6.09. The molecule has 0 saturated carbocycles. The number of tetrazole rings is 1. The van der Waals surface area contributed by atoms with Crippen molar-refractivity contribution < 1.29 is 4.79 Å². The number of rotatable bonds is 6. The molecule has 3 heterocycles. The summed E-state index contributed by atoms with van der Waals surface area (Å²) in [5.41, 5.74) is 1.96. The number of hydrogen-bond donors (Lipinski definition) is 0. The van der Waals surface area contributed by atoms with Crippen LogP contribution in [0.5, 0.6) is 0 Å². The molecule has 150 valence electrons. The first kappa shape index (κ1) is 19.1. The maximum Gasteiger partial charge on any atom is 0.227 e. The Bertz CT molecular complexity index is 780. The van der Waals surface area contributed by atoms with Crippen LogP contribution in [-0.2, 0) is 11.2 Å². The van der Waals surface area contributed by atoms with E-state index in [2.05, 4.69) is 25.3 Å². The van der Waals surface area contributed by atoms with E-state index in [1.807, 2.05) is 31.2 Å². The number of carbonyl (C=O) groups excluding carboxylic acids is 1. The molecule has 0 radical (unpaired) electrons. The first-order chi connectivity index (χ1) is 13.7. The zero-order chi connectivity index (χ0) is 19.3. The van der Waals surface area contributed by atoms with Crippen LogP contribution in [0.15, 0.2) is 24.3 Å². The van der Waals surface area contributed by atoms with Gasteiger partial charge in [0, 0.05) is 19.1 Å². The van der Waals surface area contributed by atoms with Crippen LogP contribution in [0.3, 0.4) is 0 Å². The highest BCUT2D eigenvalue weighted by molar-refractivity contribution is 5.79. The molecule has 7 heteroatoms. The van der Waals surface area contributed by atoms with Crippen molar-refractivity contribution in [1.29, 1.82) is 0 Å². The minimum atomic E-state index is 0.262. The van der Waals surface area contributed by atoms with Gasteiger partial charge in [-0.05, 0) is 86.7 Å². The molecular weight excluding hydrogens is 352 g/mol. The normalized spacial score (nSPS) is 20.6. The van der Waals surface area contributed by atoms with Gasteiger partial charge in [-0.1, -0.05) is 12.1 Å². The summed E-state index contributed by atoms with van der Waals surface area (Å²) >= 11 is 0. The summed E-state index contributed by atoms with van der Waals surface area (Å²) in [6, 6.07) is 8.39. The minimum absolute atomic E-state index is 0.262. The largest absolute Gasteiger partial charge is 0.339 e. The van der Waals surface area contributed by atoms with Gasteiger partial charge in [0.15, 0.2) is 5.82 Å². The van der Waals surface area contributed by atoms with Gasteiger partial charge in [0.05, 0.1) is 12.1 Å². The van der Waals surface area contributed by atoms with Gasteiger partial charge in [-0.2, -0.15) is 4.68 Å². The minimum Gasteiger partial charge on any atom is -0.339 e. The highest BCUT2D eigenvalue weighted by Gasteiger charge is 2.27. The smallest absolute Gasteiger partial charge is 0.227 e. The highest BCUT2D eigenvalue weighted by atomic mass is 16.2. The first-order valence-corrected chi connectivity index (χ1v) is 10.6. The van der Waals surface area contributed by atoms with Crippen LogP contribution in [-0.4, -0.2) is 68.1 Å². The second kappa shape index (κ2) is 8.82. The average molecular weight is 383 g/mol. The van der Waals surface area contributed by atoms with E-state index in [1.165, 1.54) is 32.4 Å². The Morgan fingerprint density at radius 3 is 2.54 bits per heavy atom. The van der Waals surface area contributed by atoms with Gasteiger partial charge in [0.1, 0.15) is 0 Å².